The molecular weight excluding hydrogens is 263 g/mol. The molecular formula is C12H14F3NO3. The zero-order chi connectivity index (χ0) is 14.3. The highest BCUT2D eigenvalue weighted by Crippen LogP contribution is 2.15. The van der Waals surface area contributed by atoms with Crippen molar-refractivity contribution in [2.24, 2.45) is 5.73 Å². The number of primary amides is 1. The molecule has 2 N–H and O–H groups in total. The minimum Gasteiger partial charge on any atom is -0.494 e. The highest BCUT2D eigenvalue weighted by atomic mass is 19.4. The summed E-state index contributed by atoms with van der Waals surface area (Å²) in [4.78, 5) is 10.8. The summed E-state index contributed by atoms with van der Waals surface area (Å²) in [5.41, 5.74) is 5.43. The summed E-state index contributed by atoms with van der Waals surface area (Å²) in [5, 5.41) is 0. The van der Waals surface area contributed by atoms with Gasteiger partial charge in [0.1, 0.15) is 12.4 Å². The van der Waals surface area contributed by atoms with Gasteiger partial charge in [0.15, 0.2) is 0 Å². The molecule has 0 heterocycles. The van der Waals surface area contributed by atoms with Crippen molar-refractivity contribution in [1.29, 1.82) is 0 Å². The molecule has 1 amide bonds. The van der Waals surface area contributed by atoms with Crippen LogP contribution in [-0.4, -0.2) is 31.9 Å². The lowest BCUT2D eigenvalue weighted by Crippen LogP contribution is -2.18. The highest BCUT2D eigenvalue weighted by molar-refractivity contribution is 5.92. The Hall–Kier alpha value is -1.76. The molecule has 0 atom stereocenters. The van der Waals surface area contributed by atoms with E-state index in [9.17, 15) is 18.0 Å². The van der Waals surface area contributed by atoms with Crippen LogP contribution in [0.3, 0.4) is 0 Å². The Balaban J connectivity index is 2.17. The van der Waals surface area contributed by atoms with Crippen LogP contribution < -0.4 is 10.5 Å². The molecule has 0 fully saturated rings. The molecule has 1 aromatic rings. The molecule has 0 aliphatic carbocycles. The number of amides is 1. The predicted molar refractivity (Wildman–Crippen MR) is 61.9 cm³/mol. The van der Waals surface area contributed by atoms with Crippen molar-refractivity contribution in [3.63, 3.8) is 0 Å². The first-order chi connectivity index (χ1) is 8.88. The van der Waals surface area contributed by atoms with Gasteiger partial charge in [0.05, 0.1) is 13.2 Å². The Labute approximate surface area is 108 Å². The lowest BCUT2D eigenvalue weighted by atomic mass is 10.2. The molecule has 0 saturated carbocycles. The van der Waals surface area contributed by atoms with E-state index in [0.29, 0.717) is 17.7 Å². The second-order valence-electron chi connectivity index (χ2n) is 3.76. The van der Waals surface area contributed by atoms with Crippen molar-refractivity contribution in [2.75, 3.05) is 19.8 Å². The molecule has 1 aromatic carbocycles. The maximum absolute atomic E-state index is 11.7. The lowest BCUT2D eigenvalue weighted by Gasteiger charge is -2.08. The Morgan fingerprint density at radius 1 is 1.16 bits per heavy atom. The number of alkyl halides is 3. The molecule has 0 aliphatic heterocycles. The summed E-state index contributed by atoms with van der Waals surface area (Å²) >= 11 is 0. The molecule has 0 radical (unpaired) electrons. The van der Waals surface area contributed by atoms with E-state index in [1.165, 1.54) is 12.1 Å². The average Bonchev–Trinajstić information content (AvgIpc) is 2.33. The molecule has 1 rings (SSSR count). The van der Waals surface area contributed by atoms with Crippen LogP contribution in [0.25, 0.3) is 0 Å². The third-order valence-electron chi connectivity index (χ3n) is 2.11. The SMILES string of the molecule is NC(=O)c1ccc(OCCCOCC(F)(F)F)cc1. The quantitative estimate of drug-likeness (QED) is 0.777. The van der Waals surface area contributed by atoms with Gasteiger partial charge in [-0.25, -0.2) is 0 Å². The largest absolute Gasteiger partial charge is 0.494 e. The fourth-order valence-corrected chi connectivity index (χ4v) is 1.25. The molecule has 4 nitrogen and oxygen atoms in total. The van der Waals surface area contributed by atoms with Crippen LogP contribution in [0.2, 0.25) is 0 Å². The fraction of sp³-hybridized carbons (Fsp3) is 0.417. The van der Waals surface area contributed by atoms with Gasteiger partial charge in [0, 0.05) is 12.0 Å². The zero-order valence-corrected chi connectivity index (χ0v) is 10.1. The summed E-state index contributed by atoms with van der Waals surface area (Å²) < 4.78 is 44.9. The maximum atomic E-state index is 11.7. The standard InChI is InChI=1S/C12H14F3NO3/c13-12(14,15)8-18-6-1-7-19-10-4-2-9(3-5-10)11(16)17/h2-5H,1,6-8H2,(H2,16,17). The van der Waals surface area contributed by atoms with Crippen LogP contribution in [0.5, 0.6) is 5.75 Å². The number of halogens is 3. The predicted octanol–water partition coefficient (Wildman–Crippen LogP) is 2.13. The van der Waals surface area contributed by atoms with E-state index in [1.807, 2.05) is 0 Å². The van der Waals surface area contributed by atoms with Gasteiger partial charge >= 0.3 is 6.18 Å². The van der Waals surface area contributed by atoms with Gasteiger partial charge in [-0.05, 0) is 24.3 Å². The summed E-state index contributed by atoms with van der Waals surface area (Å²) in [6.07, 6.45) is -3.96. The van der Waals surface area contributed by atoms with Crippen LogP contribution in [-0.2, 0) is 4.74 Å². The monoisotopic (exact) mass is 277 g/mol. The molecule has 0 saturated heterocycles. The van der Waals surface area contributed by atoms with E-state index >= 15 is 0 Å². The fourth-order valence-electron chi connectivity index (χ4n) is 1.25. The van der Waals surface area contributed by atoms with Gasteiger partial charge in [-0.1, -0.05) is 0 Å². The van der Waals surface area contributed by atoms with Crippen LogP contribution in [0.1, 0.15) is 16.8 Å². The van der Waals surface area contributed by atoms with E-state index < -0.39 is 18.7 Å². The first-order valence-electron chi connectivity index (χ1n) is 5.55. The number of carbonyl (C=O) groups is 1. The van der Waals surface area contributed by atoms with Crippen LogP contribution in [0.4, 0.5) is 13.2 Å². The Morgan fingerprint density at radius 2 is 1.79 bits per heavy atom. The molecule has 7 heteroatoms. The molecule has 0 spiro atoms. The lowest BCUT2D eigenvalue weighted by molar-refractivity contribution is -0.174. The van der Waals surface area contributed by atoms with Crippen LogP contribution in [0, 0.1) is 0 Å². The van der Waals surface area contributed by atoms with Gasteiger partial charge in [-0.15, -0.1) is 0 Å². The van der Waals surface area contributed by atoms with Gasteiger partial charge < -0.3 is 15.2 Å². The molecule has 0 unspecified atom stereocenters. The smallest absolute Gasteiger partial charge is 0.411 e. The normalized spacial score (nSPS) is 11.3. The van der Waals surface area contributed by atoms with Crippen molar-refractivity contribution in [1.82, 2.24) is 0 Å². The van der Waals surface area contributed by atoms with Crippen molar-refractivity contribution in [2.45, 2.75) is 12.6 Å². The number of benzene rings is 1. The van der Waals surface area contributed by atoms with E-state index in [2.05, 4.69) is 4.74 Å². The van der Waals surface area contributed by atoms with E-state index in [-0.39, 0.29) is 13.2 Å². The van der Waals surface area contributed by atoms with Gasteiger partial charge in [0.25, 0.3) is 0 Å². The van der Waals surface area contributed by atoms with Crippen LogP contribution in [0.15, 0.2) is 24.3 Å². The van der Waals surface area contributed by atoms with Gasteiger partial charge in [0.2, 0.25) is 5.91 Å². The van der Waals surface area contributed by atoms with Gasteiger partial charge in [-0.2, -0.15) is 13.2 Å². The number of hydrogen-bond donors (Lipinski definition) is 1. The second-order valence-corrected chi connectivity index (χ2v) is 3.76. The molecule has 19 heavy (non-hydrogen) atoms. The second kappa shape index (κ2) is 6.98. The first kappa shape index (κ1) is 15.3. The van der Waals surface area contributed by atoms with Gasteiger partial charge in [-0.3, -0.25) is 4.79 Å². The third kappa shape index (κ3) is 6.66. The minimum atomic E-state index is -4.30. The Kier molecular flexibility index (Phi) is 5.62. The summed E-state index contributed by atoms with van der Waals surface area (Å²) in [6.45, 7) is -1.05. The minimum absolute atomic E-state index is 0.0289. The number of hydrogen-bond acceptors (Lipinski definition) is 3. The summed E-state index contributed by atoms with van der Waals surface area (Å²) in [7, 11) is 0. The molecule has 0 aliphatic rings. The third-order valence-corrected chi connectivity index (χ3v) is 2.11. The number of rotatable bonds is 7. The number of nitrogens with two attached hydrogens (primary N) is 1. The first-order valence-corrected chi connectivity index (χ1v) is 5.55. The van der Waals surface area contributed by atoms with Crippen molar-refractivity contribution < 1.29 is 27.4 Å². The summed E-state index contributed by atoms with van der Waals surface area (Å²) in [6, 6.07) is 6.16. The Morgan fingerprint density at radius 3 is 2.32 bits per heavy atom. The number of carbonyl (C=O) groups excluding carboxylic acids is 1. The average molecular weight is 277 g/mol. The highest BCUT2D eigenvalue weighted by Gasteiger charge is 2.27. The molecule has 106 valence electrons. The topological polar surface area (TPSA) is 61.6 Å². The Bertz CT molecular complexity index is 404. The van der Waals surface area contributed by atoms with Crippen molar-refractivity contribution in [3.8, 4) is 5.75 Å². The maximum Gasteiger partial charge on any atom is 0.411 e. The molecule has 0 aromatic heterocycles. The van der Waals surface area contributed by atoms with Crippen molar-refractivity contribution >= 4 is 5.91 Å². The van der Waals surface area contributed by atoms with Crippen LogP contribution >= 0.6 is 0 Å². The van der Waals surface area contributed by atoms with Crippen molar-refractivity contribution in [3.05, 3.63) is 29.8 Å². The van der Waals surface area contributed by atoms with E-state index in [0.717, 1.165) is 0 Å². The molecule has 0 bridgehead atoms. The van der Waals surface area contributed by atoms with E-state index in [4.69, 9.17) is 10.5 Å². The summed E-state index contributed by atoms with van der Waals surface area (Å²) in [5.74, 6) is -0.0204. The zero-order valence-electron chi connectivity index (χ0n) is 10.1. The van der Waals surface area contributed by atoms with E-state index in [1.54, 1.807) is 12.1 Å². The number of ether oxygens (including phenoxy) is 2.